The summed E-state index contributed by atoms with van der Waals surface area (Å²) in [6, 6.07) is 10.5. The van der Waals surface area contributed by atoms with Crippen molar-refractivity contribution in [1.29, 1.82) is 0 Å². The van der Waals surface area contributed by atoms with E-state index in [-0.39, 0.29) is 21.4 Å². The van der Waals surface area contributed by atoms with Gasteiger partial charge in [0.2, 0.25) is 0 Å². The fraction of sp³-hybridized carbons (Fsp3) is 0.105. The standard InChI is InChI=1S/C19H16N2O5S2/c1-2-26-15-8-11(6-7-14(15)23)9-16-18(25)21(19(27)28-16)20-17(24)12-4-3-5-13(22)10-12/h3-10,22-23H,2H2,1H3,(H,20,24)/b16-9+. The molecule has 0 atom stereocenters. The number of nitrogens with zero attached hydrogens (tertiary/aromatic N) is 1. The maximum Gasteiger partial charge on any atom is 0.285 e. The second-order valence-electron chi connectivity index (χ2n) is 5.67. The van der Waals surface area contributed by atoms with Crippen LogP contribution in [0.3, 0.4) is 0 Å². The maximum atomic E-state index is 12.6. The number of amides is 2. The van der Waals surface area contributed by atoms with Crippen LogP contribution in [-0.4, -0.2) is 38.0 Å². The lowest BCUT2D eigenvalue weighted by atomic mass is 10.2. The van der Waals surface area contributed by atoms with Gasteiger partial charge in [-0.2, -0.15) is 5.01 Å². The summed E-state index contributed by atoms with van der Waals surface area (Å²) in [4.78, 5) is 25.3. The van der Waals surface area contributed by atoms with Crippen LogP contribution in [0, 0.1) is 0 Å². The topological polar surface area (TPSA) is 99.1 Å². The minimum atomic E-state index is -0.572. The number of hydrogen-bond donors (Lipinski definition) is 3. The van der Waals surface area contributed by atoms with E-state index in [4.69, 9.17) is 17.0 Å². The SMILES string of the molecule is CCOc1cc(/C=C2/SC(=S)N(NC(=O)c3cccc(O)c3)C2=O)ccc1O. The molecule has 1 fully saturated rings. The molecule has 1 aliphatic heterocycles. The zero-order valence-electron chi connectivity index (χ0n) is 14.7. The van der Waals surface area contributed by atoms with Gasteiger partial charge < -0.3 is 14.9 Å². The molecule has 0 saturated carbocycles. The molecule has 7 nitrogen and oxygen atoms in total. The molecule has 1 saturated heterocycles. The van der Waals surface area contributed by atoms with Gasteiger partial charge in [0.15, 0.2) is 15.8 Å². The van der Waals surface area contributed by atoms with Crippen LogP contribution in [0.15, 0.2) is 47.4 Å². The Kier molecular flexibility index (Phi) is 5.86. The smallest absolute Gasteiger partial charge is 0.285 e. The van der Waals surface area contributed by atoms with Gasteiger partial charge in [-0.05, 0) is 61.1 Å². The summed E-state index contributed by atoms with van der Waals surface area (Å²) < 4.78 is 5.51. The zero-order valence-corrected chi connectivity index (χ0v) is 16.3. The highest BCUT2D eigenvalue weighted by molar-refractivity contribution is 8.26. The number of phenolic OH excluding ortho intramolecular Hbond substituents is 2. The van der Waals surface area contributed by atoms with E-state index < -0.39 is 11.8 Å². The molecule has 2 aromatic rings. The Balaban J connectivity index is 1.79. The Morgan fingerprint density at radius 3 is 2.79 bits per heavy atom. The first-order valence-electron chi connectivity index (χ1n) is 8.23. The second-order valence-corrected chi connectivity index (χ2v) is 7.34. The predicted molar refractivity (Wildman–Crippen MR) is 110 cm³/mol. The lowest BCUT2D eigenvalue weighted by Gasteiger charge is -2.15. The molecule has 9 heteroatoms. The number of rotatable bonds is 5. The van der Waals surface area contributed by atoms with Crippen LogP contribution in [-0.2, 0) is 4.79 Å². The third-order valence-corrected chi connectivity index (χ3v) is 5.00. The molecule has 2 aromatic carbocycles. The van der Waals surface area contributed by atoms with E-state index in [0.29, 0.717) is 22.8 Å². The Hall–Kier alpha value is -3.04. The molecule has 0 spiro atoms. The lowest BCUT2D eigenvalue weighted by Crippen LogP contribution is -2.44. The van der Waals surface area contributed by atoms with Gasteiger partial charge in [-0.25, -0.2) is 0 Å². The van der Waals surface area contributed by atoms with Crippen LogP contribution >= 0.6 is 24.0 Å². The molecule has 3 rings (SSSR count). The molecular formula is C19H16N2O5S2. The number of thiocarbonyl (C=S) groups is 1. The average molecular weight is 416 g/mol. The molecule has 0 aliphatic carbocycles. The number of hydrazine groups is 1. The van der Waals surface area contributed by atoms with Gasteiger partial charge in [0.05, 0.1) is 11.5 Å². The van der Waals surface area contributed by atoms with Gasteiger partial charge >= 0.3 is 0 Å². The number of hydrogen-bond acceptors (Lipinski definition) is 7. The summed E-state index contributed by atoms with van der Waals surface area (Å²) in [5.74, 6) is -0.796. The van der Waals surface area contributed by atoms with E-state index in [0.717, 1.165) is 16.8 Å². The molecule has 0 bridgehead atoms. The molecule has 1 aliphatic rings. The minimum absolute atomic E-state index is 0.00456. The van der Waals surface area contributed by atoms with Crippen LogP contribution in [0.1, 0.15) is 22.8 Å². The van der Waals surface area contributed by atoms with E-state index in [1.807, 2.05) is 0 Å². The van der Waals surface area contributed by atoms with Crippen molar-refractivity contribution in [2.45, 2.75) is 6.92 Å². The van der Waals surface area contributed by atoms with Crippen molar-refractivity contribution < 1.29 is 24.5 Å². The highest BCUT2D eigenvalue weighted by Gasteiger charge is 2.33. The molecule has 0 radical (unpaired) electrons. The third kappa shape index (κ3) is 4.26. The summed E-state index contributed by atoms with van der Waals surface area (Å²) in [5, 5.41) is 20.3. The number of nitrogens with one attached hydrogen (secondary N) is 1. The highest BCUT2D eigenvalue weighted by Crippen LogP contribution is 2.33. The van der Waals surface area contributed by atoms with Crippen LogP contribution in [0.5, 0.6) is 17.2 Å². The summed E-state index contributed by atoms with van der Waals surface area (Å²) in [7, 11) is 0. The monoisotopic (exact) mass is 416 g/mol. The molecule has 2 amide bonds. The molecule has 0 unspecified atom stereocenters. The molecular weight excluding hydrogens is 400 g/mol. The summed E-state index contributed by atoms with van der Waals surface area (Å²) >= 11 is 6.23. The highest BCUT2D eigenvalue weighted by atomic mass is 32.2. The van der Waals surface area contributed by atoms with E-state index in [9.17, 15) is 19.8 Å². The molecule has 28 heavy (non-hydrogen) atoms. The van der Waals surface area contributed by atoms with Gasteiger partial charge in [0.25, 0.3) is 11.8 Å². The number of ether oxygens (including phenoxy) is 1. The van der Waals surface area contributed by atoms with E-state index in [1.54, 1.807) is 25.1 Å². The van der Waals surface area contributed by atoms with Crippen molar-refractivity contribution in [2.24, 2.45) is 0 Å². The Morgan fingerprint density at radius 1 is 1.29 bits per heavy atom. The fourth-order valence-electron chi connectivity index (χ4n) is 2.42. The number of thioether (sulfide) groups is 1. The minimum Gasteiger partial charge on any atom is -0.508 e. The van der Waals surface area contributed by atoms with Crippen molar-refractivity contribution in [3.05, 3.63) is 58.5 Å². The van der Waals surface area contributed by atoms with E-state index in [2.05, 4.69) is 5.43 Å². The Labute approximate surface area is 170 Å². The first-order chi connectivity index (χ1) is 13.4. The van der Waals surface area contributed by atoms with Gasteiger partial charge in [-0.3, -0.25) is 15.0 Å². The molecule has 0 aromatic heterocycles. The fourth-order valence-corrected chi connectivity index (χ4v) is 3.60. The van der Waals surface area contributed by atoms with Crippen molar-refractivity contribution in [2.75, 3.05) is 6.61 Å². The van der Waals surface area contributed by atoms with Crippen LogP contribution in [0.4, 0.5) is 0 Å². The number of phenols is 2. The quantitative estimate of drug-likeness (QED) is 0.509. The average Bonchev–Trinajstić information content (AvgIpc) is 2.92. The normalized spacial score (nSPS) is 15.2. The number of benzene rings is 2. The molecule has 144 valence electrons. The summed E-state index contributed by atoms with van der Waals surface area (Å²) in [6.45, 7) is 2.19. The van der Waals surface area contributed by atoms with Crippen LogP contribution in [0.2, 0.25) is 0 Å². The van der Waals surface area contributed by atoms with E-state index in [1.165, 1.54) is 30.3 Å². The number of carbonyl (C=O) groups excluding carboxylic acids is 2. The van der Waals surface area contributed by atoms with Gasteiger partial charge in [-0.15, -0.1) is 0 Å². The van der Waals surface area contributed by atoms with Crippen molar-refractivity contribution >= 4 is 46.2 Å². The Bertz CT molecular complexity index is 990. The second kappa shape index (κ2) is 8.32. The maximum absolute atomic E-state index is 12.6. The van der Waals surface area contributed by atoms with Gasteiger partial charge in [0, 0.05) is 5.56 Å². The van der Waals surface area contributed by atoms with Crippen molar-refractivity contribution in [3.8, 4) is 17.2 Å². The van der Waals surface area contributed by atoms with Gasteiger partial charge in [0.1, 0.15) is 5.75 Å². The summed E-state index contributed by atoms with van der Waals surface area (Å²) in [6.07, 6.45) is 1.60. The van der Waals surface area contributed by atoms with Crippen molar-refractivity contribution in [3.63, 3.8) is 0 Å². The molecule has 1 heterocycles. The lowest BCUT2D eigenvalue weighted by molar-refractivity contribution is -0.123. The molecule has 3 N–H and O–H groups in total. The number of carbonyl (C=O) groups is 2. The first-order valence-corrected chi connectivity index (χ1v) is 9.45. The van der Waals surface area contributed by atoms with Crippen LogP contribution in [0.25, 0.3) is 6.08 Å². The Morgan fingerprint density at radius 2 is 2.07 bits per heavy atom. The zero-order chi connectivity index (χ0) is 20.3. The van der Waals surface area contributed by atoms with Gasteiger partial charge in [-0.1, -0.05) is 23.9 Å². The third-order valence-electron chi connectivity index (χ3n) is 3.70. The van der Waals surface area contributed by atoms with Crippen LogP contribution < -0.4 is 10.2 Å². The predicted octanol–water partition coefficient (Wildman–Crippen LogP) is 3.04. The van der Waals surface area contributed by atoms with Crippen molar-refractivity contribution in [1.82, 2.24) is 10.4 Å². The number of aromatic hydroxyl groups is 2. The first kappa shape index (κ1) is 19.7. The summed E-state index contributed by atoms with van der Waals surface area (Å²) in [5.41, 5.74) is 3.28. The van der Waals surface area contributed by atoms with E-state index >= 15 is 0 Å². The largest absolute Gasteiger partial charge is 0.508 e.